The summed E-state index contributed by atoms with van der Waals surface area (Å²) in [5.41, 5.74) is 9.64. The van der Waals surface area contributed by atoms with E-state index in [1.807, 2.05) is 6.92 Å². The van der Waals surface area contributed by atoms with Gasteiger partial charge in [-0.05, 0) is 37.1 Å². The Kier molecular flexibility index (Phi) is 4.58. The van der Waals surface area contributed by atoms with Crippen molar-refractivity contribution in [1.29, 1.82) is 0 Å². The van der Waals surface area contributed by atoms with Gasteiger partial charge in [-0.1, -0.05) is 42.5 Å². The van der Waals surface area contributed by atoms with Crippen LogP contribution in [0.25, 0.3) is 0 Å². The number of hydrogen-bond acceptors (Lipinski definition) is 2. The van der Waals surface area contributed by atoms with Crippen LogP contribution in [-0.4, -0.2) is 6.54 Å². The highest BCUT2D eigenvalue weighted by atomic mass is 15.1. The van der Waals surface area contributed by atoms with Crippen LogP contribution in [0.3, 0.4) is 0 Å². The predicted molar refractivity (Wildman–Crippen MR) is 82.2 cm³/mol. The van der Waals surface area contributed by atoms with Crippen molar-refractivity contribution in [1.82, 2.24) is 0 Å². The summed E-state index contributed by atoms with van der Waals surface area (Å²) in [5.74, 6) is 0. The van der Waals surface area contributed by atoms with E-state index in [-0.39, 0.29) is 6.04 Å². The fourth-order valence-electron chi connectivity index (χ4n) is 2.18. The minimum Gasteiger partial charge on any atom is -0.367 e. The Balaban J connectivity index is 2.13. The molecule has 0 aliphatic rings. The monoisotopic (exact) mass is 254 g/mol. The number of nitrogens with two attached hydrogens (primary N) is 1. The molecule has 0 radical (unpaired) electrons. The predicted octanol–water partition coefficient (Wildman–Crippen LogP) is 3.73. The van der Waals surface area contributed by atoms with Gasteiger partial charge in [0.2, 0.25) is 0 Å². The zero-order valence-electron chi connectivity index (χ0n) is 11.7. The Bertz CT molecular complexity index is 488. The lowest BCUT2D eigenvalue weighted by Gasteiger charge is -2.23. The average molecular weight is 254 g/mol. The van der Waals surface area contributed by atoms with E-state index >= 15 is 0 Å². The summed E-state index contributed by atoms with van der Waals surface area (Å²) in [6, 6.07) is 19.2. The first-order valence-electron chi connectivity index (χ1n) is 6.85. The highest BCUT2D eigenvalue weighted by Gasteiger charge is 2.06. The highest BCUT2D eigenvalue weighted by molar-refractivity contribution is 5.48. The first-order valence-corrected chi connectivity index (χ1v) is 6.85. The molecule has 0 aliphatic carbocycles. The Hall–Kier alpha value is -1.80. The van der Waals surface area contributed by atoms with Crippen LogP contribution in [0.15, 0.2) is 54.6 Å². The fourth-order valence-corrected chi connectivity index (χ4v) is 2.18. The summed E-state index contributed by atoms with van der Waals surface area (Å²) >= 11 is 0. The van der Waals surface area contributed by atoms with E-state index in [1.54, 1.807) is 0 Å². The van der Waals surface area contributed by atoms with Crippen LogP contribution in [0.5, 0.6) is 0 Å². The van der Waals surface area contributed by atoms with Crippen LogP contribution in [0.1, 0.15) is 31.0 Å². The zero-order valence-corrected chi connectivity index (χ0v) is 11.7. The third kappa shape index (κ3) is 3.58. The van der Waals surface area contributed by atoms with Gasteiger partial charge >= 0.3 is 0 Å². The summed E-state index contributed by atoms with van der Waals surface area (Å²) in [7, 11) is 0. The molecule has 1 atom stereocenters. The molecule has 0 aliphatic heterocycles. The summed E-state index contributed by atoms with van der Waals surface area (Å²) in [5, 5.41) is 0. The largest absolute Gasteiger partial charge is 0.367 e. The zero-order chi connectivity index (χ0) is 13.7. The van der Waals surface area contributed by atoms with Crippen molar-refractivity contribution in [3.05, 3.63) is 65.7 Å². The number of rotatable bonds is 5. The van der Waals surface area contributed by atoms with Gasteiger partial charge in [0.25, 0.3) is 0 Å². The molecule has 2 rings (SSSR count). The maximum atomic E-state index is 5.88. The summed E-state index contributed by atoms with van der Waals surface area (Å²) < 4.78 is 0. The van der Waals surface area contributed by atoms with Crippen LogP contribution in [-0.2, 0) is 6.54 Å². The molecule has 2 N–H and O–H groups in total. The minimum atomic E-state index is 0.0956. The van der Waals surface area contributed by atoms with E-state index < -0.39 is 0 Å². The van der Waals surface area contributed by atoms with Gasteiger partial charge in [0.15, 0.2) is 0 Å². The molecule has 2 aromatic rings. The molecular formula is C17H22N2. The van der Waals surface area contributed by atoms with Gasteiger partial charge in [-0.3, -0.25) is 0 Å². The third-order valence-corrected chi connectivity index (χ3v) is 3.38. The lowest BCUT2D eigenvalue weighted by Crippen LogP contribution is -2.22. The third-order valence-electron chi connectivity index (χ3n) is 3.38. The molecule has 0 heterocycles. The second-order valence-corrected chi connectivity index (χ2v) is 4.88. The first kappa shape index (κ1) is 13.6. The van der Waals surface area contributed by atoms with E-state index in [1.165, 1.54) is 16.8 Å². The van der Waals surface area contributed by atoms with Gasteiger partial charge in [0.1, 0.15) is 0 Å². The van der Waals surface area contributed by atoms with Crippen LogP contribution >= 0.6 is 0 Å². The van der Waals surface area contributed by atoms with Gasteiger partial charge < -0.3 is 10.6 Å². The Morgan fingerprint density at radius 1 is 1.00 bits per heavy atom. The molecule has 0 saturated carbocycles. The Morgan fingerprint density at radius 3 is 2.16 bits per heavy atom. The second kappa shape index (κ2) is 6.39. The number of benzene rings is 2. The van der Waals surface area contributed by atoms with Crippen LogP contribution in [0.2, 0.25) is 0 Å². The number of nitrogens with zero attached hydrogens (tertiary/aromatic N) is 1. The lowest BCUT2D eigenvalue weighted by atomic mass is 10.1. The molecule has 0 aromatic heterocycles. The van der Waals surface area contributed by atoms with Gasteiger partial charge in [0, 0.05) is 24.8 Å². The molecule has 0 fully saturated rings. The average Bonchev–Trinajstić information content (AvgIpc) is 2.46. The van der Waals surface area contributed by atoms with E-state index in [0.717, 1.165) is 13.1 Å². The molecule has 100 valence electrons. The van der Waals surface area contributed by atoms with E-state index in [2.05, 4.69) is 66.4 Å². The van der Waals surface area contributed by atoms with Crippen molar-refractivity contribution in [2.45, 2.75) is 26.4 Å². The maximum Gasteiger partial charge on any atom is 0.0429 e. The number of anilines is 1. The van der Waals surface area contributed by atoms with Gasteiger partial charge in [-0.15, -0.1) is 0 Å². The second-order valence-electron chi connectivity index (χ2n) is 4.88. The quantitative estimate of drug-likeness (QED) is 0.881. The van der Waals surface area contributed by atoms with Gasteiger partial charge in [-0.2, -0.15) is 0 Å². The van der Waals surface area contributed by atoms with Crippen molar-refractivity contribution in [2.75, 3.05) is 11.4 Å². The minimum absolute atomic E-state index is 0.0956. The maximum absolute atomic E-state index is 5.88. The summed E-state index contributed by atoms with van der Waals surface area (Å²) in [6.07, 6.45) is 0. The Labute approximate surface area is 115 Å². The summed E-state index contributed by atoms with van der Waals surface area (Å²) in [4.78, 5) is 2.36. The van der Waals surface area contributed by atoms with Crippen LogP contribution in [0.4, 0.5) is 5.69 Å². The molecule has 2 aromatic carbocycles. The topological polar surface area (TPSA) is 29.3 Å². The molecule has 2 heteroatoms. The lowest BCUT2D eigenvalue weighted by molar-refractivity contribution is 0.810. The molecule has 2 nitrogen and oxygen atoms in total. The van der Waals surface area contributed by atoms with Gasteiger partial charge in [0.05, 0.1) is 0 Å². The fraction of sp³-hybridized carbons (Fsp3) is 0.294. The van der Waals surface area contributed by atoms with Crippen molar-refractivity contribution in [3.8, 4) is 0 Å². The SMILES string of the molecule is CCN(Cc1ccccc1)c1ccc([C@@H](C)N)cc1. The van der Waals surface area contributed by atoms with E-state index in [0.29, 0.717) is 0 Å². The van der Waals surface area contributed by atoms with Crippen molar-refractivity contribution in [3.63, 3.8) is 0 Å². The van der Waals surface area contributed by atoms with E-state index in [9.17, 15) is 0 Å². The molecule has 0 bridgehead atoms. The van der Waals surface area contributed by atoms with Crippen molar-refractivity contribution < 1.29 is 0 Å². The highest BCUT2D eigenvalue weighted by Crippen LogP contribution is 2.20. The molecular weight excluding hydrogens is 232 g/mol. The molecule has 0 saturated heterocycles. The Morgan fingerprint density at radius 2 is 1.63 bits per heavy atom. The van der Waals surface area contributed by atoms with Crippen LogP contribution < -0.4 is 10.6 Å². The molecule has 0 unspecified atom stereocenters. The smallest absolute Gasteiger partial charge is 0.0429 e. The molecule has 0 spiro atoms. The normalized spacial score (nSPS) is 12.2. The van der Waals surface area contributed by atoms with Crippen molar-refractivity contribution in [2.24, 2.45) is 5.73 Å². The number of hydrogen-bond donors (Lipinski definition) is 1. The first-order chi connectivity index (χ1) is 9.20. The molecule has 0 amide bonds. The molecule has 19 heavy (non-hydrogen) atoms. The summed E-state index contributed by atoms with van der Waals surface area (Å²) in [6.45, 7) is 6.13. The standard InChI is InChI=1S/C17H22N2/c1-3-19(13-15-7-5-4-6-8-15)17-11-9-16(10-12-17)14(2)18/h4-12,14H,3,13,18H2,1-2H3/t14-/m1/s1. The van der Waals surface area contributed by atoms with Gasteiger partial charge in [-0.25, -0.2) is 0 Å². The van der Waals surface area contributed by atoms with Crippen LogP contribution in [0, 0.1) is 0 Å². The van der Waals surface area contributed by atoms with Crippen molar-refractivity contribution >= 4 is 5.69 Å². The van der Waals surface area contributed by atoms with E-state index in [4.69, 9.17) is 5.73 Å².